The van der Waals surface area contributed by atoms with Gasteiger partial charge in [-0.1, -0.05) is 29.8 Å². The van der Waals surface area contributed by atoms with Gasteiger partial charge < -0.3 is 10.6 Å². The molecule has 0 unspecified atom stereocenters. The lowest BCUT2D eigenvalue weighted by Gasteiger charge is -2.12. The largest absolute Gasteiger partial charge is 0.349 e. The minimum absolute atomic E-state index is 0.0646. The van der Waals surface area contributed by atoms with Gasteiger partial charge >= 0.3 is 0 Å². The van der Waals surface area contributed by atoms with Crippen molar-refractivity contribution < 1.29 is 18.0 Å². The summed E-state index contributed by atoms with van der Waals surface area (Å²) >= 11 is 6.10. The van der Waals surface area contributed by atoms with Crippen LogP contribution >= 0.6 is 11.6 Å². The van der Waals surface area contributed by atoms with Crippen molar-refractivity contribution in [2.45, 2.75) is 0 Å². The van der Waals surface area contributed by atoms with E-state index in [9.17, 15) is 18.0 Å². The summed E-state index contributed by atoms with van der Waals surface area (Å²) < 4.78 is 24.8. The van der Waals surface area contributed by atoms with Crippen LogP contribution in [0.2, 0.25) is 5.02 Å². The van der Waals surface area contributed by atoms with E-state index in [-0.39, 0.29) is 22.2 Å². The van der Waals surface area contributed by atoms with Gasteiger partial charge in [-0.15, -0.1) is 6.58 Å². The van der Waals surface area contributed by atoms with E-state index in [0.717, 1.165) is 6.26 Å². The molecule has 2 aromatic rings. The maximum atomic E-state index is 12.5. The molecule has 0 aliphatic rings. The lowest BCUT2D eigenvalue weighted by molar-refractivity contribution is 0.0959. The molecule has 7 nitrogen and oxygen atoms in total. The first-order valence-corrected chi connectivity index (χ1v) is 10.0. The van der Waals surface area contributed by atoms with Crippen LogP contribution in [0.5, 0.6) is 0 Å². The van der Waals surface area contributed by atoms with Gasteiger partial charge in [0.1, 0.15) is 0 Å². The lowest BCUT2D eigenvalue weighted by Crippen LogP contribution is -2.25. The number of hydrogen-bond donors (Lipinski definition) is 3. The zero-order valence-electron chi connectivity index (χ0n) is 14.5. The first kappa shape index (κ1) is 20.5. The monoisotopic (exact) mass is 407 g/mol. The standard InChI is InChI=1S/C18H18ClN3O4S/c1-3-10-20-17(23)14-6-4-5-7-16(14)21-18(24)13-9-8-12(11-15(13)19)22-27(2,25)26/h3-9,11,22H,1,10H2,2H3,(H,20,23)(H,21,24). The lowest BCUT2D eigenvalue weighted by atomic mass is 10.1. The molecule has 0 aliphatic heterocycles. The van der Waals surface area contributed by atoms with Gasteiger partial charge in [-0.3, -0.25) is 14.3 Å². The Morgan fingerprint density at radius 1 is 1.11 bits per heavy atom. The number of anilines is 2. The van der Waals surface area contributed by atoms with Gasteiger partial charge in [0.05, 0.1) is 28.1 Å². The van der Waals surface area contributed by atoms with E-state index in [1.807, 2.05) is 0 Å². The first-order chi connectivity index (χ1) is 12.7. The molecule has 0 heterocycles. The van der Waals surface area contributed by atoms with Crippen LogP contribution < -0.4 is 15.4 Å². The summed E-state index contributed by atoms with van der Waals surface area (Å²) in [6.07, 6.45) is 2.56. The highest BCUT2D eigenvalue weighted by molar-refractivity contribution is 7.92. The average Bonchev–Trinajstić information content (AvgIpc) is 2.58. The molecule has 9 heteroatoms. The van der Waals surface area contributed by atoms with Gasteiger partial charge in [-0.25, -0.2) is 8.42 Å². The predicted molar refractivity (Wildman–Crippen MR) is 107 cm³/mol. The van der Waals surface area contributed by atoms with E-state index in [0.29, 0.717) is 17.8 Å². The number of benzene rings is 2. The summed E-state index contributed by atoms with van der Waals surface area (Å²) in [5.41, 5.74) is 0.984. The Balaban J connectivity index is 2.23. The maximum Gasteiger partial charge on any atom is 0.257 e. The fourth-order valence-electron chi connectivity index (χ4n) is 2.22. The topological polar surface area (TPSA) is 104 Å². The van der Waals surface area contributed by atoms with Gasteiger partial charge in [0.25, 0.3) is 11.8 Å². The van der Waals surface area contributed by atoms with Crippen LogP contribution in [-0.4, -0.2) is 33.0 Å². The Morgan fingerprint density at radius 3 is 2.44 bits per heavy atom. The van der Waals surface area contributed by atoms with Crippen molar-refractivity contribution in [3.05, 3.63) is 71.3 Å². The average molecular weight is 408 g/mol. The molecule has 0 radical (unpaired) electrons. The SMILES string of the molecule is C=CCNC(=O)c1ccccc1NC(=O)c1ccc(NS(C)(=O)=O)cc1Cl. The summed E-state index contributed by atoms with van der Waals surface area (Å²) in [5.74, 6) is -0.889. The number of rotatable bonds is 7. The molecule has 0 saturated carbocycles. The van der Waals surface area contributed by atoms with Crippen molar-refractivity contribution in [1.82, 2.24) is 5.32 Å². The predicted octanol–water partition coefficient (Wildman–Crippen LogP) is 2.88. The summed E-state index contributed by atoms with van der Waals surface area (Å²) in [5, 5.41) is 5.35. The van der Waals surface area contributed by atoms with Crippen molar-refractivity contribution in [2.24, 2.45) is 0 Å². The summed E-state index contributed by atoms with van der Waals surface area (Å²) in [4.78, 5) is 24.7. The van der Waals surface area contributed by atoms with Crippen LogP contribution in [0.1, 0.15) is 20.7 Å². The number of nitrogens with one attached hydrogen (secondary N) is 3. The highest BCUT2D eigenvalue weighted by Gasteiger charge is 2.16. The number of amides is 2. The van der Waals surface area contributed by atoms with Gasteiger partial charge in [-0.2, -0.15) is 0 Å². The van der Waals surface area contributed by atoms with Gasteiger partial charge in [0, 0.05) is 12.2 Å². The minimum Gasteiger partial charge on any atom is -0.349 e. The molecule has 2 amide bonds. The van der Waals surface area contributed by atoms with Crippen molar-refractivity contribution in [1.29, 1.82) is 0 Å². The Bertz CT molecular complexity index is 990. The summed E-state index contributed by atoms with van der Waals surface area (Å²) in [6, 6.07) is 10.7. The van der Waals surface area contributed by atoms with Crippen LogP contribution in [-0.2, 0) is 10.0 Å². The van der Waals surface area contributed by atoms with Crippen molar-refractivity contribution in [2.75, 3.05) is 22.8 Å². The smallest absolute Gasteiger partial charge is 0.257 e. The fourth-order valence-corrected chi connectivity index (χ4v) is 3.04. The Kier molecular flexibility index (Phi) is 6.59. The molecule has 0 fully saturated rings. The zero-order chi connectivity index (χ0) is 20.0. The van der Waals surface area contributed by atoms with Crippen molar-refractivity contribution >= 4 is 44.8 Å². The molecule has 0 saturated heterocycles. The summed E-state index contributed by atoms with van der Waals surface area (Å²) in [6.45, 7) is 3.83. The minimum atomic E-state index is -3.46. The molecule has 3 N–H and O–H groups in total. The maximum absolute atomic E-state index is 12.5. The van der Waals surface area contributed by atoms with Crippen molar-refractivity contribution in [3.63, 3.8) is 0 Å². The molecule has 2 aromatic carbocycles. The fraction of sp³-hybridized carbons (Fsp3) is 0.111. The number of hydrogen-bond acceptors (Lipinski definition) is 4. The number of carbonyl (C=O) groups is 2. The molecular formula is C18H18ClN3O4S. The van der Waals surface area contributed by atoms with Crippen molar-refractivity contribution in [3.8, 4) is 0 Å². The number of halogens is 1. The van der Waals surface area contributed by atoms with Crippen LogP contribution in [0.3, 0.4) is 0 Å². The third kappa shape index (κ3) is 5.83. The highest BCUT2D eigenvalue weighted by atomic mass is 35.5. The van der Waals surface area contributed by atoms with E-state index < -0.39 is 15.9 Å². The molecule has 142 valence electrons. The highest BCUT2D eigenvalue weighted by Crippen LogP contribution is 2.23. The Hall–Kier alpha value is -2.84. The van der Waals surface area contributed by atoms with Crippen LogP contribution in [0.25, 0.3) is 0 Å². The second-order valence-corrected chi connectivity index (χ2v) is 7.72. The van der Waals surface area contributed by atoms with Crippen LogP contribution in [0.15, 0.2) is 55.1 Å². The van der Waals surface area contributed by atoms with E-state index >= 15 is 0 Å². The molecule has 27 heavy (non-hydrogen) atoms. The molecule has 0 aliphatic carbocycles. The van der Waals surface area contributed by atoms with Crippen LogP contribution in [0.4, 0.5) is 11.4 Å². The molecule has 0 bridgehead atoms. The van der Waals surface area contributed by atoms with Gasteiger partial charge in [0.15, 0.2) is 0 Å². The molecule has 0 aromatic heterocycles. The third-order valence-corrected chi connectivity index (χ3v) is 4.26. The number of para-hydroxylation sites is 1. The second kappa shape index (κ2) is 8.70. The first-order valence-electron chi connectivity index (χ1n) is 7.78. The Labute approximate surface area is 162 Å². The normalized spacial score (nSPS) is 10.7. The molecule has 0 atom stereocenters. The van der Waals surface area contributed by atoms with Crippen LogP contribution in [0, 0.1) is 0 Å². The molecular weight excluding hydrogens is 390 g/mol. The Morgan fingerprint density at radius 2 is 1.81 bits per heavy atom. The molecule has 0 spiro atoms. The summed E-state index contributed by atoms with van der Waals surface area (Å²) in [7, 11) is -3.46. The van der Waals surface area contributed by atoms with Gasteiger partial charge in [0.2, 0.25) is 10.0 Å². The number of sulfonamides is 1. The van der Waals surface area contributed by atoms with E-state index in [1.54, 1.807) is 30.3 Å². The van der Waals surface area contributed by atoms with E-state index in [1.165, 1.54) is 18.2 Å². The quantitative estimate of drug-likeness (QED) is 0.614. The molecule has 2 rings (SSSR count). The van der Waals surface area contributed by atoms with Gasteiger partial charge in [-0.05, 0) is 30.3 Å². The van der Waals surface area contributed by atoms with E-state index in [4.69, 9.17) is 11.6 Å². The number of carbonyl (C=O) groups excluding carboxylic acids is 2. The zero-order valence-corrected chi connectivity index (χ0v) is 16.0. The van der Waals surface area contributed by atoms with E-state index in [2.05, 4.69) is 21.9 Å². The second-order valence-electron chi connectivity index (χ2n) is 5.57. The third-order valence-electron chi connectivity index (χ3n) is 3.34.